The molecule has 0 saturated carbocycles. The zero-order valence-corrected chi connectivity index (χ0v) is 12.3. The van der Waals surface area contributed by atoms with Crippen LogP contribution in [0.5, 0.6) is 0 Å². The smallest absolute Gasteiger partial charge is 0.316 e. The van der Waals surface area contributed by atoms with E-state index in [1.807, 2.05) is 20.9 Å². The van der Waals surface area contributed by atoms with Crippen molar-refractivity contribution in [3.8, 4) is 0 Å². The van der Waals surface area contributed by atoms with Gasteiger partial charge in [-0.05, 0) is 24.6 Å². The first kappa shape index (κ1) is 14.5. The van der Waals surface area contributed by atoms with E-state index in [4.69, 9.17) is 0 Å². The molecule has 108 valence electrons. The van der Waals surface area contributed by atoms with Crippen molar-refractivity contribution in [3.63, 3.8) is 0 Å². The lowest BCUT2D eigenvalue weighted by Crippen LogP contribution is -2.39. The summed E-state index contributed by atoms with van der Waals surface area (Å²) in [6.45, 7) is 5.23. The molecule has 0 spiro atoms. The maximum absolute atomic E-state index is 12.2. The Balaban J connectivity index is 2.79. The highest BCUT2D eigenvalue weighted by Crippen LogP contribution is 2.09. The summed E-state index contributed by atoms with van der Waals surface area (Å²) < 4.78 is 2.72. The molecule has 0 fully saturated rings. The van der Waals surface area contributed by atoms with Crippen molar-refractivity contribution in [2.75, 3.05) is 7.05 Å². The van der Waals surface area contributed by atoms with E-state index in [1.165, 1.54) is 7.05 Å². The highest BCUT2D eigenvalue weighted by molar-refractivity contribution is 5.74. The van der Waals surface area contributed by atoms with Crippen LogP contribution in [0.15, 0.2) is 21.9 Å². The second-order valence-corrected chi connectivity index (χ2v) is 5.40. The highest BCUT2D eigenvalue weighted by atomic mass is 16.2. The third kappa shape index (κ3) is 2.51. The van der Waals surface area contributed by atoms with Crippen LogP contribution in [0.2, 0.25) is 0 Å². The summed E-state index contributed by atoms with van der Waals surface area (Å²) in [6.07, 6.45) is 1.70. The van der Waals surface area contributed by atoms with Crippen molar-refractivity contribution in [2.45, 2.75) is 26.9 Å². The van der Waals surface area contributed by atoms with Gasteiger partial charge in [0, 0.05) is 26.3 Å². The van der Waals surface area contributed by atoms with E-state index in [-0.39, 0.29) is 11.2 Å². The number of rotatable bonds is 4. The fourth-order valence-electron chi connectivity index (χ4n) is 2.24. The molecule has 2 aromatic rings. The summed E-state index contributed by atoms with van der Waals surface area (Å²) in [5, 5.41) is 3.51. The van der Waals surface area contributed by atoms with Crippen molar-refractivity contribution in [1.29, 1.82) is 0 Å². The summed E-state index contributed by atoms with van der Waals surface area (Å²) in [5.41, 5.74) is 0.777. The summed E-state index contributed by atoms with van der Waals surface area (Å²) in [6, 6.07) is 1.80. The molecule has 6 nitrogen and oxygen atoms in total. The average Bonchev–Trinajstić information content (AvgIpc) is 2.41. The van der Waals surface area contributed by atoms with Gasteiger partial charge in [0.1, 0.15) is 5.65 Å². The summed E-state index contributed by atoms with van der Waals surface area (Å²) in [5.74, 6) is 0.298. The zero-order valence-electron chi connectivity index (χ0n) is 12.3. The molecule has 0 aliphatic rings. The quantitative estimate of drug-likeness (QED) is 0.881. The van der Waals surface area contributed by atoms with E-state index in [0.29, 0.717) is 30.0 Å². The Labute approximate surface area is 117 Å². The van der Waals surface area contributed by atoms with Gasteiger partial charge in [0.05, 0.1) is 5.39 Å². The Kier molecular flexibility index (Phi) is 4.04. The van der Waals surface area contributed by atoms with Gasteiger partial charge in [-0.15, -0.1) is 0 Å². The lowest BCUT2D eigenvalue weighted by molar-refractivity contribution is 0.499. The van der Waals surface area contributed by atoms with Crippen molar-refractivity contribution in [2.24, 2.45) is 13.0 Å². The second-order valence-electron chi connectivity index (χ2n) is 5.40. The first-order valence-corrected chi connectivity index (χ1v) is 6.68. The maximum atomic E-state index is 12.2. The summed E-state index contributed by atoms with van der Waals surface area (Å²) >= 11 is 0. The molecule has 0 atom stereocenters. The molecular weight excluding hydrogens is 256 g/mol. The SMILES string of the molecule is CNCc1cnc2c(c1)c(=O)n(C)c(=O)n2CC(C)C. The van der Waals surface area contributed by atoms with Crippen LogP contribution in [0.4, 0.5) is 0 Å². The van der Waals surface area contributed by atoms with Gasteiger partial charge < -0.3 is 5.32 Å². The topological polar surface area (TPSA) is 68.9 Å². The number of aromatic nitrogens is 3. The molecule has 0 amide bonds. The Morgan fingerprint density at radius 3 is 2.65 bits per heavy atom. The molecular formula is C14H20N4O2. The molecule has 0 saturated heterocycles. The Hall–Kier alpha value is -1.95. The monoisotopic (exact) mass is 276 g/mol. The van der Waals surface area contributed by atoms with Crippen LogP contribution >= 0.6 is 0 Å². The Morgan fingerprint density at radius 2 is 2.05 bits per heavy atom. The number of nitrogens with zero attached hydrogens (tertiary/aromatic N) is 3. The van der Waals surface area contributed by atoms with Crippen molar-refractivity contribution in [3.05, 3.63) is 38.7 Å². The van der Waals surface area contributed by atoms with Crippen LogP contribution in [0.25, 0.3) is 11.0 Å². The minimum absolute atomic E-state index is 0.296. The van der Waals surface area contributed by atoms with Crippen molar-refractivity contribution < 1.29 is 0 Å². The highest BCUT2D eigenvalue weighted by Gasteiger charge is 2.13. The third-order valence-electron chi connectivity index (χ3n) is 3.16. The van der Waals surface area contributed by atoms with Gasteiger partial charge in [-0.25, -0.2) is 9.78 Å². The van der Waals surface area contributed by atoms with Crippen LogP contribution in [-0.4, -0.2) is 21.2 Å². The number of hydrogen-bond donors (Lipinski definition) is 1. The predicted octanol–water partition coefficient (Wildman–Crippen LogP) is 0.471. The summed E-state index contributed by atoms with van der Waals surface area (Å²) in [7, 11) is 3.34. The first-order valence-electron chi connectivity index (χ1n) is 6.68. The zero-order chi connectivity index (χ0) is 14.9. The molecule has 0 aliphatic carbocycles. The lowest BCUT2D eigenvalue weighted by atomic mass is 10.2. The molecule has 2 rings (SSSR count). The molecule has 20 heavy (non-hydrogen) atoms. The van der Waals surface area contributed by atoms with Crippen LogP contribution in [-0.2, 0) is 20.1 Å². The molecule has 0 aromatic carbocycles. The fourth-order valence-corrected chi connectivity index (χ4v) is 2.24. The van der Waals surface area contributed by atoms with E-state index in [0.717, 1.165) is 10.1 Å². The molecule has 1 N–H and O–H groups in total. The maximum Gasteiger partial charge on any atom is 0.332 e. The van der Waals surface area contributed by atoms with Gasteiger partial charge in [0.15, 0.2) is 0 Å². The van der Waals surface area contributed by atoms with Gasteiger partial charge >= 0.3 is 5.69 Å². The van der Waals surface area contributed by atoms with Gasteiger partial charge in [-0.3, -0.25) is 13.9 Å². The van der Waals surface area contributed by atoms with E-state index >= 15 is 0 Å². The Bertz CT molecular complexity index is 743. The Morgan fingerprint density at radius 1 is 1.35 bits per heavy atom. The van der Waals surface area contributed by atoms with E-state index in [9.17, 15) is 9.59 Å². The molecule has 2 heterocycles. The average molecular weight is 276 g/mol. The van der Waals surface area contributed by atoms with Gasteiger partial charge in [-0.2, -0.15) is 0 Å². The number of hydrogen-bond acceptors (Lipinski definition) is 4. The summed E-state index contributed by atoms with van der Waals surface area (Å²) in [4.78, 5) is 28.8. The van der Waals surface area contributed by atoms with Crippen LogP contribution in [0.3, 0.4) is 0 Å². The molecule has 2 aromatic heterocycles. The fraction of sp³-hybridized carbons (Fsp3) is 0.500. The molecule has 0 bridgehead atoms. The second kappa shape index (κ2) is 5.58. The minimum atomic E-state index is -0.315. The van der Waals surface area contributed by atoms with Crippen molar-refractivity contribution >= 4 is 11.0 Å². The minimum Gasteiger partial charge on any atom is -0.316 e. The largest absolute Gasteiger partial charge is 0.332 e. The standard InChI is InChI=1S/C14H20N4O2/c1-9(2)8-18-12-11(13(19)17(4)14(18)20)5-10(6-15-3)7-16-12/h5,7,9,15H,6,8H2,1-4H3. The van der Waals surface area contributed by atoms with E-state index in [1.54, 1.807) is 16.8 Å². The molecule has 0 aliphatic heterocycles. The van der Waals surface area contributed by atoms with Gasteiger partial charge in [0.2, 0.25) is 0 Å². The molecule has 0 unspecified atom stereocenters. The number of nitrogens with one attached hydrogen (secondary N) is 1. The normalized spacial score (nSPS) is 11.4. The van der Waals surface area contributed by atoms with Crippen molar-refractivity contribution in [1.82, 2.24) is 19.4 Å². The van der Waals surface area contributed by atoms with Crippen LogP contribution < -0.4 is 16.6 Å². The van der Waals surface area contributed by atoms with Gasteiger partial charge in [-0.1, -0.05) is 13.8 Å². The van der Waals surface area contributed by atoms with Crippen LogP contribution in [0.1, 0.15) is 19.4 Å². The third-order valence-corrected chi connectivity index (χ3v) is 3.16. The number of pyridine rings is 1. The number of fused-ring (bicyclic) bond motifs is 1. The lowest BCUT2D eigenvalue weighted by Gasteiger charge is -2.13. The molecule has 6 heteroatoms. The van der Waals surface area contributed by atoms with E-state index in [2.05, 4.69) is 10.3 Å². The predicted molar refractivity (Wildman–Crippen MR) is 78.8 cm³/mol. The van der Waals surface area contributed by atoms with Crippen LogP contribution in [0, 0.1) is 5.92 Å². The first-order chi connectivity index (χ1) is 9.45. The van der Waals surface area contributed by atoms with Gasteiger partial charge in [0.25, 0.3) is 5.56 Å². The van der Waals surface area contributed by atoms with E-state index < -0.39 is 0 Å². The molecule has 0 radical (unpaired) electrons.